The fourth-order valence-electron chi connectivity index (χ4n) is 2.52. The zero-order valence-electron chi connectivity index (χ0n) is 14.1. The van der Waals surface area contributed by atoms with Gasteiger partial charge in [0.1, 0.15) is 24.3 Å². The van der Waals surface area contributed by atoms with E-state index in [9.17, 15) is 19.1 Å². The molecule has 0 saturated heterocycles. The second-order valence-electron chi connectivity index (χ2n) is 5.91. The van der Waals surface area contributed by atoms with Crippen molar-refractivity contribution in [1.82, 2.24) is 9.55 Å². The van der Waals surface area contributed by atoms with Crippen molar-refractivity contribution >= 4 is 16.7 Å². The summed E-state index contributed by atoms with van der Waals surface area (Å²) in [6.07, 6.45) is 0.328. The molecule has 0 amide bonds. The Kier molecular flexibility index (Phi) is 5.09. The summed E-state index contributed by atoms with van der Waals surface area (Å²) >= 11 is 0. The van der Waals surface area contributed by atoms with Gasteiger partial charge in [0.05, 0.1) is 23.8 Å². The van der Waals surface area contributed by atoms with Crippen LogP contribution in [0.2, 0.25) is 0 Å². The van der Waals surface area contributed by atoms with Crippen molar-refractivity contribution in [2.24, 2.45) is 0 Å². The van der Waals surface area contributed by atoms with E-state index in [1.54, 1.807) is 24.3 Å². The van der Waals surface area contributed by atoms with Crippen LogP contribution in [0.4, 0.5) is 4.39 Å². The molecule has 0 bridgehead atoms. The van der Waals surface area contributed by atoms with E-state index in [-0.39, 0.29) is 35.4 Å². The number of aromatic nitrogens is 2. The molecule has 0 aliphatic rings. The Morgan fingerprint density at radius 2 is 2.00 bits per heavy atom. The molecule has 0 radical (unpaired) electrons. The smallest absolute Gasteiger partial charge is 0.261 e. The second kappa shape index (κ2) is 7.45. The number of hydrogen-bond acceptors (Lipinski definition) is 5. The van der Waals surface area contributed by atoms with E-state index < -0.39 is 11.9 Å². The number of carbonyl (C=O) groups excluding carboxylic acids is 1. The number of nitrogens with zero attached hydrogens (tertiary/aromatic N) is 2. The lowest BCUT2D eigenvalue weighted by molar-refractivity contribution is 0.0914. The highest BCUT2D eigenvalue weighted by atomic mass is 19.1. The van der Waals surface area contributed by atoms with Gasteiger partial charge in [-0.3, -0.25) is 14.2 Å². The van der Waals surface area contributed by atoms with Gasteiger partial charge in [-0.2, -0.15) is 0 Å². The minimum Gasteiger partial charge on any atom is -0.491 e. The van der Waals surface area contributed by atoms with Crippen LogP contribution in [0.3, 0.4) is 0 Å². The highest BCUT2D eigenvalue weighted by Gasteiger charge is 2.11. The summed E-state index contributed by atoms with van der Waals surface area (Å²) in [5, 5.41) is 10.4. The zero-order valence-corrected chi connectivity index (χ0v) is 14.1. The number of aliphatic hydroxyl groups excluding tert-OH is 1. The molecule has 26 heavy (non-hydrogen) atoms. The lowest BCUT2D eigenvalue weighted by Crippen LogP contribution is -2.30. The van der Waals surface area contributed by atoms with E-state index in [4.69, 9.17) is 4.74 Å². The minimum absolute atomic E-state index is 0.00925. The van der Waals surface area contributed by atoms with Gasteiger partial charge in [0.2, 0.25) is 0 Å². The van der Waals surface area contributed by atoms with Crippen molar-refractivity contribution in [3.63, 3.8) is 0 Å². The number of aliphatic hydroxyl groups is 1. The van der Waals surface area contributed by atoms with Crippen molar-refractivity contribution in [1.29, 1.82) is 0 Å². The molecule has 0 saturated carbocycles. The van der Waals surface area contributed by atoms with Gasteiger partial charge in [0.15, 0.2) is 5.78 Å². The van der Waals surface area contributed by atoms with E-state index in [0.717, 1.165) is 0 Å². The lowest BCUT2D eigenvalue weighted by Gasteiger charge is -2.14. The minimum atomic E-state index is -0.945. The molecule has 3 aromatic rings. The Morgan fingerprint density at radius 1 is 1.27 bits per heavy atom. The van der Waals surface area contributed by atoms with E-state index in [2.05, 4.69) is 4.98 Å². The first-order valence-electron chi connectivity index (χ1n) is 8.00. The predicted molar refractivity (Wildman–Crippen MR) is 93.9 cm³/mol. The highest BCUT2D eigenvalue weighted by molar-refractivity contribution is 5.94. The van der Waals surface area contributed by atoms with Crippen molar-refractivity contribution in [2.75, 3.05) is 6.61 Å². The summed E-state index contributed by atoms with van der Waals surface area (Å²) in [4.78, 5) is 27.6. The third-order valence-corrected chi connectivity index (χ3v) is 3.90. The molecule has 0 unspecified atom stereocenters. The number of benzene rings is 2. The number of ketones is 1. The van der Waals surface area contributed by atoms with Crippen LogP contribution >= 0.6 is 0 Å². The maximum Gasteiger partial charge on any atom is 0.261 e. The molecule has 0 aliphatic carbocycles. The van der Waals surface area contributed by atoms with Gasteiger partial charge in [-0.25, -0.2) is 9.37 Å². The van der Waals surface area contributed by atoms with Crippen molar-refractivity contribution < 1.29 is 19.0 Å². The van der Waals surface area contributed by atoms with E-state index in [1.807, 2.05) is 0 Å². The van der Waals surface area contributed by atoms with Crippen molar-refractivity contribution in [3.05, 3.63) is 70.5 Å². The standard InChI is InChI=1S/C19H17FN2O4/c1-12(23)13-2-5-16(6-3-13)26-10-15(24)9-22-11-21-18-8-14(20)4-7-17(18)19(22)25/h2-8,11,15,24H,9-10H2,1H3/t15-/m1/s1. The third-order valence-electron chi connectivity index (χ3n) is 3.90. The quantitative estimate of drug-likeness (QED) is 0.685. The first-order chi connectivity index (χ1) is 12.4. The van der Waals surface area contributed by atoms with Crippen molar-refractivity contribution in [2.45, 2.75) is 19.6 Å². The van der Waals surface area contributed by atoms with Crippen LogP contribution in [-0.2, 0) is 6.54 Å². The topological polar surface area (TPSA) is 81.4 Å². The maximum absolute atomic E-state index is 13.2. The Hall–Kier alpha value is -3.06. The molecule has 0 aliphatic heterocycles. The molecule has 134 valence electrons. The molecule has 1 heterocycles. The molecule has 1 N–H and O–H groups in total. The monoisotopic (exact) mass is 356 g/mol. The average Bonchev–Trinajstić information content (AvgIpc) is 2.62. The molecule has 1 atom stereocenters. The molecule has 3 rings (SSSR count). The first-order valence-corrected chi connectivity index (χ1v) is 8.00. The van der Waals surface area contributed by atoms with Crippen LogP contribution in [-0.4, -0.2) is 33.2 Å². The Labute approximate surface area is 148 Å². The summed E-state index contributed by atoms with van der Waals surface area (Å²) in [6, 6.07) is 10.3. The van der Waals surface area contributed by atoms with Crippen LogP contribution in [0.1, 0.15) is 17.3 Å². The summed E-state index contributed by atoms with van der Waals surface area (Å²) < 4.78 is 19.9. The number of hydrogen-bond donors (Lipinski definition) is 1. The van der Waals surface area contributed by atoms with Crippen LogP contribution in [0.5, 0.6) is 5.75 Å². The largest absolute Gasteiger partial charge is 0.491 e. The summed E-state index contributed by atoms with van der Waals surface area (Å²) in [5.41, 5.74) is 0.477. The number of fused-ring (bicyclic) bond motifs is 1. The highest BCUT2D eigenvalue weighted by Crippen LogP contribution is 2.13. The summed E-state index contributed by atoms with van der Waals surface area (Å²) in [6.45, 7) is 1.43. The van der Waals surface area contributed by atoms with E-state index >= 15 is 0 Å². The molecule has 7 heteroatoms. The molecule has 2 aromatic carbocycles. The van der Waals surface area contributed by atoms with Crippen LogP contribution < -0.4 is 10.3 Å². The number of halogens is 1. The lowest BCUT2D eigenvalue weighted by atomic mass is 10.1. The summed E-state index contributed by atoms with van der Waals surface area (Å²) in [7, 11) is 0. The fourth-order valence-corrected chi connectivity index (χ4v) is 2.52. The Morgan fingerprint density at radius 3 is 2.69 bits per heavy atom. The predicted octanol–water partition coefficient (Wildman–Crippen LogP) is 2.18. The van der Waals surface area contributed by atoms with E-state index in [0.29, 0.717) is 11.3 Å². The molecule has 1 aromatic heterocycles. The number of carbonyl (C=O) groups is 1. The Balaban J connectivity index is 1.66. The van der Waals surface area contributed by atoms with Crippen LogP contribution in [0, 0.1) is 5.82 Å². The zero-order chi connectivity index (χ0) is 18.7. The average molecular weight is 356 g/mol. The van der Waals surface area contributed by atoms with Gasteiger partial charge in [-0.1, -0.05) is 0 Å². The van der Waals surface area contributed by atoms with E-state index in [1.165, 1.54) is 36.0 Å². The van der Waals surface area contributed by atoms with Crippen LogP contribution in [0.25, 0.3) is 10.9 Å². The fraction of sp³-hybridized carbons (Fsp3) is 0.211. The van der Waals surface area contributed by atoms with Gasteiger partial charge in [-0.15, -0.1) is 0 Å². The molecule has 6 nitrogen and oxygen atoms in total. The third kappa shape index (κ3) is 3.94. The SMILES string of the molecule is CC(=O)c1ccc(OC[C@H](O)Cn2cnc3cc(F)ccc3c2=O)cc1. The van der Waals surface area contributed by atoms with Gasteiger partial charge in [0.25, 0.3) is 5.56 Å². The molecule has 0 spiro atoms. The molecular formula is C19H17FN2O4. The first kappa shape index (κ1) is 17.8. The van der Waals surface area contributed by atoms with Gasteiger partial charge in [0, 0.05) is 11.6 Å². The maximum atomic E-state index is 13.2. The molecular weight excluding hydrogens is 339 g/mol. The second-order valence-corrected chi connectivity index (χ2v) is 5.91. The summed E-state index contributed by atoms with van der Waals surface area (Å²) in [5.74, 6) is -0.000435. The van der Waals surface area contributed by atoms with Gasteiger partial charge in [-0.05, 0) is 43.3 Å². The molecule has 0 fully saturated rings. The van der Waals surface area contributed by atoms with Crippen molar-refractivity contribution in [3.8, 4) is 5.75 Å². The Bertz CT molecular complexity index is 999. The number of rotatable bonds is 6. The number of Topliss-reactive ketones (excluding diaryl/α,β-unsaturated/α-hetero) is 1. The van der Waals surface area contributed by atoms with Gasteiger partial charge >= 0.3 is 0 Å². The normalized spacial score (nSPS) is 12.1. The van der Waals surface area contributed by atoms with Gasteiger partial charge < -0.3 is 9.84 Å². The number of ether oxygens (including phenoxy) is 1. The van der Waals surface area contributed by atoms with Crippen LogP contribution in [0.15, 0.2) is 53.6 Å².